The molecule has 6 heteroatoms. The van der Waals surface area contributed by atoms with E-state index in [4.69, 9.17) is 4.42 Å². The number of rotatable bonds is 6. The standard InChI is InChI=1S/C19H21FN4O/c1-12(18-10-22-14(3)23-13(18)2)21-9-8-17-11-25-19(24-17)15-4-6-16(20)7-5-15/h4-7,10-12,21H,8-9H2,1-3H3/t12-/m0/s1. The fourth-order valence-corrected chi connectivity index (χ4v) is 2.69. The van der Waals surface area contributed by atoms with Crippen LogP contribution in [0.1, 0.15) is 35.7 Å². The SMILES string of the molecule is Cc1ncc([C@H](C)NCCc2coc(-c3ccc(F)cc3)n2)c(C)n1. The summed E-state index contributed by atoms with van der Waals surface area (Å²) in [5.74, 6) is 1.01. The highest BCUT2D eigenvalue weighted by Crippen LogP contribution is 2.19. The van der Waals surface area contributed by atoms with Gasteiger partial charge in [-0.05, 0) is 45.0 Å². The molecule has 0 bridgehead atoms. The second-order valence-electron chi connectivity index (χ2n) is 6.03. The van der Waals surface area contributed by atoms with Crippen molar-refractivity contribution in [3.05, 3.63) is 65.3 Å². The topological polar surface area (TPSA) is 63.8 Å². The van der Waals surface area contributed by atoms with Crippen LogP contribution in [0.3, 0.4) is 0 Å². The first kappa shape index (κ1) is 17.2. The van der Waals surface area contributed by atoms with E-state index in [0.717, 1.165) is 41.3 Å². The number of benzene rings is 1. The Kier molecular flexibility index (Phi) is 5.19. The van der Waals surface area contributed by atoms with Crippen molar-refractivity contribution in [3.8, 4) is 11.5 Å². The average molecular weight is 340 g/mol. The Bertz CT molecular complexity index is 845. The molecule has 0 radical (unpaired) electrons. The highest BCUT2D eigenvalue weighted by Gasteiger charge is 2.11. The minimum Gasteiger partial charge on any atom is -0.444 e. The summed E-state index contributed by atoms with van der Waals surface area (Å²) in [5, 5.41) is 3.45. The summed E-state index contributed by atoms with van der Waals surface area (Å²) in [4.78, 5) is 13.1. The molecule has 5 nitrogen and oxygen atoms in total. The van der Waals surface area contributed by atoms with Crippen molar-refractivity contribution >= 4 is 0 Å². The first-order valence-corrected chi connectivity index (χ1v) is 8.27. The lowest BCUT2D eigenvalue weighted by atomic mass is 10.1. The first-order chi connectivity index (χ1) is 12.0. The van der Waals surface area contributed by atoms with Crippen LogP contribution in [-0.2, 0) is 6.42 Å². The molecule has 0 aliphatic heterocycles. The number of halogens is 1. The first-order valence-electron chi connectivity index (χ1n) is 8.27. The number of hydrogen-bond donors (Lipinski definition) is 1. The van der Waals surface area contributed by atoms with E-state index < -0.39 is 0 Å². The number of aromatic nitrogens is 3. The second kappa shape index (κ2) is 7.53. The van der Waals surface area contributed by atoms with Crippen LogP contribution in [0.25, 0.3) is 11.5 Å². The molecule has 0 unspecified atom stereocenters. The van der Waals surface area contributed by atoms with Crippen LogP contribution in [0, 0.1) is 19.7 Å². The monoisotopic (exact) mass is 340 g/mol. The van der Waals surface area contributed by atoms with Gasteiger partial charge in [0.05, 0.1) is 5.69 Å². The van der Waals surface area contributed by atoms with Gasteiger partial charge in [0.1, 0.15) is 17.9 Å². The Hall–Kier alpha value is -2.60. The Morgan fingerprint density at radius 2 is 1.92 bits per heavy atom. The number of nitrogens with one attached hydrogen (secondary N) is 1. The van der Waals surface area contributed by atoms with E-state index in [0.29, 0.717) is 5.89 Å². The third-order valence-electron chi connectivity index (χ3n) is 4.08. The molecule has 3 rings (SSSR count). The van der Waals surface area contributed by atoms with E-state index in [9.17, 15) is 4.39 Å². The van der Waals surface area contributed by atoms with Crippen LogP contribution in [0.5, 0.6) is 0 Å². The summed E-state index contributed by atoms with van der Waals surface area (Å²) < 4.78 is 18.5. The molecule has 0 aliphatic carbocycles. The fourth-order valence-electron chi connectivity index (χ4n) is 2.69. The molecule has 0 saturated heterocycles. The quantitative estimate of drug-likeness (QED) is 0.740. The summed E-state index contributed by atoms with van der Waals surface area (Å²) in [7, 11) is 0. The van der Waals surface area contributed by atoms with Crippen molar-refractivity contribution in [2.24, 2.45) is 0 Å². The van der Waals surface area contributed by atoms with Gasteiger partial charge in [0, 0.05) is 42.0 Å². The van der Waals surface area contributed by atoms with Crippen molar-refractivity contribution in [2.45, 2.75) is 33.2 Å². The van der Waals surface area contributed by atoms with Crippen molar-refractivity contribution in [1.29, 1.82) is 0 Å². The molecule has 3 aromatic rings. The summed E-state index contributed by atoms with van der Waals surface area (Å²) in [5.41, 5.74) is 3.71. The zero-order valence-corrected chi connectivity index (χ0v) is 14.6. The van der Waals surface area contributed by atoms with E-state index in [1.54, 1.807) is 18.4 Å². The summed E-state index contributed by atoms with van der Waals surface area (Å²) >= 11 is 0. The number of aryl methyl sites for hydroxylation is 2. The van der Waals surface area contributed by atoms with Gasteiger partial charge in [0.2, 0.25) is 5.89 Å². The molecule has 130 valence electrons. The molecule has 0 aliphatic rings. The highest BCUT2D eigenvalue weighted by atomic mass is 19.1. The number of nitrogens with zero attached hydrogens (tertiary/aromatic N) is 3. The largest absolute Gasteiger partial charge is 0.444 e. The summed E-state index contributed by atoms with van der Waals surface area (Å²) in [6.45, 7) is 6.73. The maximum atomic E-state index is 13.0. The van der Waals surface area contributed by atoms with Gasteiger partial charge in [-0.2, -0.15) is 0 Å². The van der Waals surface area contributed by atoms with E-state index in [1.165, 1.54) is 12.1 Å². The Balaban J connectivity index is 1.56. The van der Waals surface area contributed by atoms with E-state index in [-0.39, 0.29) is 11.9 Å². The summed E-state index contributed by atoms with van der Waals surface area (Å²) in [6, 6.07) is 6.27. The van der Waals surface area contributed by atoms with Gasteiger partial charge < -0.3 is 9.73 Å². The van der Waals surface area contributed by atoms with E-state index >= 15 is 0 Å². The van der Waals surface area contributed by atoms with Gasteiger partial charge in [-0.15, -0.1) is 0 Å². The molecule has 0 fully saturated rings. The minimum absolute atomic E-state index is 0.157. The number of oxazole rings is 1. The van der Waals surface area contributed by atoms with Crippen LogP contribution in [0.15, 0.2) is 41.1 Å². The summed E-state index contributed by atoms with van der Waals surface area (Å²) in [6.07, 6.45) is 4.25. The Morgan fingerprint density at radius 1 is 1.16 bits per heavy atom. The normalized spacial score (nSPS) is 12.3. The van der Waals surface area contributed by atoms with Crippen LogP contribution < -0.4 is 5.32 Å². The van der Waals surface area contributed by atoms with Gasteiger partial charge in [-0.25, -0.2) is 19.3 Å². The lowest BCUT2D eigenvalue weighted by molar-refractivity contribution is 0.558. The minimum atomic E-state index is -0.274. The highest BCUT2D eigenvalue weighted by molar-refractivity contribution is 5.52. The average Bonchev–Trinajstić information content (AvgIpc) is 3.04. The molecule has 0 spiro atoms. The Labute approximate surface area is 146 Å². The van der Waals surface area contributed by atoms with Gasteiger partial charge in [-0.1, -0.05) is 0 Å². The third kappa shape index (κ3) is 4.28. The molecule has 2 heterocycles. The maximum absolute atomic E-state index is 13.0. The Morgan fingerprint density at radius 3 is 2.64 bits per heavy atom. The van der Waals surface area contributed by atoms with Crippen molar-refractivity contribution in [1.82, 2.24) is 20.3 Å². The molecule has 2 aromatic heterocycles. The third-order valence-corrected chi connectivity index (χ3v) is 4.08. The smallest absolute Gasteiger partial charge is 0.226 e. The van der Waals surface area contributed by atoms with Crippen LogP contribution in [-0.4, -0.2) is 21.5 Å². The van der Waals surface area contributed by atoms with E-state index in [2.05, 4.69) is 27.2 Å². The maximum Gasteiger partial charge on any atom is 0.226 e. The zero-order chi connectivity index (χ0) is 17.8. The lowest BCUT2D eigenvalue weighted by Gasteiger charge is -2.15. The molecule has 1 N–H and O–H groups in total. The molecular formula is C19H21FN4O. The van der Waals surface area contributed by atoms with Gasteiger partial charge >= 0.3 is 0 Å². The predicted molar refractivity (Wildman–Crippen MR) is 93.5 cm³/mol. The van der Waals surface area contributed by atoms with Crippen molar-refractivity contribution < 1.29 is 8.81 Å². The molecule has 0 amide bonds. The lowest BCUT2D eigenvalue weighted by Crippen LogP contribution is -2.22. The van der Waals surface area contributed by atoms with Crippen LogP contribution in [0.2, 0.25) is 0 Å². The van der Waals surface area contributed by atoms with Crippen LogP contribution in [0.4, 0.5) is 4.39 Å². The molecule has 0 saturated carbocycles. The predicted octanol–water partition coefficient (Wildman–Crippen LogP) is 3.78. The van der Waals surface area contributed by atoms with Crippen molar-refractivity contribution in [2.75, 3.05) is 6.54 Å². The van der Waals surface area contributed by atoms with Crippen molar-refractivity contribution in [3.63, 3.8) is 0 Å². The van der Waals surface area contributed by atoms with E-state index in [1.807, 2.05) is 20.0 Å². The molecule has 1 atom stereocenters. The zero-order valence-electron chi connectivity index (χ0n) is 14.6. The fraction of sp³-hybridized carbons (Fsp3) is 0.316. The molecule has 25 heavy (non-hydrogen) atoms. The second-order valence-corrected chi connectivity index (χ2v) is 6.03. The molecule has 1 aromatic carbocycles. The molecular weight excluding hydrogens is 319 g/mol. The van der Waals surface area contributed by atoms with Crippen LogP contribution >= 0.6 is 0 Å². The van der Waals surface area contributed by atoms with Gasteiger partial charge in [-0.3, -0.25) is 0 Å². The van der Waals surface area contributed by atoms with Gasteiger partial charge in [0.25, 0.3) is 0 Å². The van der Waals surface area contributed by atoms with Gasteiger partial charge in [0.15, 0.2) is 0 Å². The number of hydrogen-bond acceptors (Lipinski definition) is 5.